The van der Waals surface area contributed by atoms with Crippen LogP contribution in [0.25, 0.3) is 10.9 Å². The van der Waals surface area contributed by atoms with Crippen molar-refractivity contribution in [1.29, 1.82) is 0 Å². The molecular formula is C25H24F8N6O8S. The highest BCUT2D eigenvalue weighted by atomic mass is 32.2. The molecule has 3 heterocycles. The van der Waals surface area contributed by atoms with E-state index in [0.717, 1.165) is 28.8 Å². The molecule has 23 heteroatoms. The van der Waals surface area contributed by atoms with E-state index >= 15 is 0 Å². The van der Waals surface area contributed by atoms with Crippen LogP contribution in [0, 0.1) is 5.82 Å². The van der Waals surface area contributed by atoms with E-state index < -0.39 is 88.4 Å². The average molecular weight is 721 g/mol. The zero-order valence-electron chi connectivity index (χ0n) is 24.3. The number of pyridine rings is 1. The molecule has 2 aromatic heterocycles. The Hall–Kier alpha value is -4.64. The summed E-state index contributed by atoms with van der Waals surface area (Å²) in [6, 6.07) is 2.62. The molecule has 4 N–H and O–H groups in total. The van der Waals surface area contributed by atoms with Crippen LogP contribution >= 0.6 is 0 Å². The first-order chi connectivity index (χ1) is 22.1. The summed E-state index contributed by atoms with van der Waals surface area (Å²) in [7, 11) is -4.74. The molecule has 1 fully saturated rings. The molecule has 1 saturated heterocycles. The fourth-order valence-corrected chi connectivity index (χ4v) is 4.45. The minimum atomic E-state index is -5.84. The SMILES string of the molecule is CCc1cc2c(C(N)=O)nn(CC(=O)N3C[C@H](F)[C@@H](OC)[C@H]3C(=O)Nc3cccc(OC(F)(F)F)c3F)c2cn1.O=S(=O)(O)C(F)(F)F. The lowest BCUT2D eigenvalue weighted by Gasteiger charge is -2.26. The largest absolute Gasteiger partial charge is 0.573 e. The van der Waals surface area contributed by atoms with Crippen molar-refractivity contribution >= 4 is 44.4 Å². The Labute approximate surface area is 264 Å². The van der Waals surface area contributed by atoms with Crippen LogP contribution in [0.5, 0.6) is 5.75 Å². The number of anilines is 1. The third-order valence-electron chi connectivity index (χ3n) is 6.55. The molecule has 48 heavy (non-hydrogen) atoms. The first-order valence-corrected chi connectivity index (χ1v) is 14.5. The maximum absolute atomic E-state index is 14.9. The number of hydrogen-bond donors (Lipinski definition) is 3. The number of carbonyl (C=O) groups is 3. The fourth-order valence-electron chi connectivity index (χ4n) is 4.45. The van der Waals surface area contributed by atoms with E-state index in [1.807, 2.05) is 6.92 Å². The third-order valence-corrected chi connectivity index (χ3v) is 7.13. The number of benzene rings is 1. The molecular weight excluding hydrogens is 696 g/mol. The molecule has 14 nitrogen and oxygen atoms in total. The van der Waals surface area contributed by atoms with Gasteiger partial charge in [0, 0.05) is 18.2 Å². The van der Waals surface area contributed by atoms with Gasteiger partial charge in [-0.15, -0.1) is 13.2 Å². The highest BCUT2D eigenvalue weighted by molar-refractivity contribution is 7.86. The van der Waals surface area contributed by atoms with Gasteiger partial charge in [-0.3, -0.25) is 28.6 Å². The molecule has 0 radical (unpaired) electrons. The zero-order chi connectivity index (χ0) is 36.4. The number of nitrogens with two attached hydrogens (primary N) is 1. The molecule has 0 unspecified atom stereocenters. The van der Waals surface area contributed by atoms with Crippen molar-refractivity contribution in [2.24, 2.45) is 5.73 Å². The number of primary amides is 1. The van der Waals surface area contributed by atoms with Crippen LogP contribution in [0.1, 0.15) is 23.1 Å². The summed E-state index contributed by atoms with van der Waals surface area (Å²) in [6.07, 6.45) is -6.57. The molecule has 1 aliphatic heterocycles. The maximum Gasteiger partial charge on any atom is 0.573 e. The van der Waals surface area contributed by atoms with E-state index in [0.29, 0.717) is 23.6 Å². The van der Waals surface area contributed by atoms with Gasteiger partial charge in [-0.1, -0.05) is 13.0 Å². The number of carbonyl (C=O) groups excluding carboxylic acids is 3. The van der Waals surface area contributed by atoms with Crippen LogP contribution in [0.3, 0.4) is 0 Å². The van der Waals surface area contributed by atoms with Gasteiger partial charge in [-0.25, -0.2) is 8.78 Å². The van der Waals surface area contributed by atoms with Gasteiger partial charge < -0.3 is 25.4 Å². The molecule has 3 aromatic rings. The predicted octanol–water partition coefficient (Wildman–Crippen LogP) is 2.73. The summed E-state index contributed by atoms with van der Waals surface area (Å²) in [4.78, 5) is 43.5. The Kier molecular flexibility index (Phi) is 11.2. The van der Waals surface area contributed by atoms with E-state index in [2.05, 4.69) is 20.1 Å². The molecule has 1 aliphatic rings. The van der Waals surface area contributed by atoms with Gasteiger partial charge in [0.25, 0.3) is 5.91 Å². The van der Waals surface area contributed by atoms with Crippen LogP contribution in [0.15, 0.2) is 30.5 Å². The molecule has 4 rings (SSSR count). The Morgan fingerprint density at radius 2 is 1.79 bits per heavy atom. The van der Waals surface area contributed by atoms with E-state index in [-0.39, 0.29) is 11.2 Å². The smallest absolute Gasteiger partial charge is 0.403 e. The number of fused-ring (bicyclic) bond motifs is 1. The van der Waals surface area contributed by atoms with Crippen molar-refractivity contribution in [2.45, 2.75) is 50.1 Å². The second-order valence-corrected chi connectivity index (χ2v) is 11.1. The maximum atomic E-state index is 14.9. The summed E-state index contributed by atoms with van der Waals surface area (Å²) in [6.45, 7) is 0.693. The van der Waals surface area contributed by atoms with Gasteiger partial charge in [0.15, 0.2) is 17.3 Å². The first kappa shape index (κ1) is 37.8. The number of amides is 3. The van der Waals surface area contributed by atoms with E-state index in [1.165, 1.54) is 6.20 Å². The highest BCUT2D eigenvalue weighted by Crippen LogP contribution is 2.31. The number of halogens is 8. The number of likely N-dealkylation sites (tertiary alicyclic amines) is 1. The van der Waals surface area contributed by atoms with Crippen molar-refractivity contribution in [3.63, 3.8) is 0 Å². The second-order valence-electron chi connectivity index (χ2n) is 9.70. The van der Waals surface area contributed by atoms with E-state index in [4.69, 9.17) is 23.4 Å². The zero-order valence-corrected chi connectivity index (χ0v) is 25.2. The average Bonchev–Trinajstić information content (AvgIpc) is 3.50. The quantitative estimate of drug-likeness (QED) is 0.177. The molecule has 0 aliphatic carbocycles. The number of aryl methyl sites for hydroxylation is 1. The number of alkyl halides is 7. The summed E-state index contributed by atoms with van der Waals surface area (Å²) in [5.74, 6) is -5.54. The summed E-state index contributed by atoms with van der Waals surface area (Å²) >= 11 is 0. The number of methoxy groups -OCH3 is 1. The van der Waals surface area contributed by atoms with Crippen LogP contribution in [0.4, 0.5) is 40.8 Å². The van der Waals surface area contributed by atoms with Gasteiger partial charge in [0.1, 0.15) is 24.9 Å². The van der Waals surface area contributed by atoms with Crippen LogP contribution in [0.2, 0.25) is 0 Å². The Morgan fingerprint density at radius 1 is 1.17 bits per heavy atom. The third kappa shape index (κ3) is 8.63. The van der Waals surface area contributed by atoms with Crippen molar-refractivity contribution in [3.8, 4) is 5.75 Å². The van der Waals surface area contributed by atoms with Crippen LogP contribution in [-0.2, 0) is 37.4 Å². The lowest BCUT2D eigenvalue weighted by molar-refractivity contribution is -0.275. The molecule has 264 valence electrons. The Balaban J connectivity index is 0.000000694. The topological polar surface area (TPSA) is 196 Å². The number of aromatic nitrogens is 3. The van der Waals surface area contributed by atoms with Crippen molar-refractivity contribution in [2.75, 3.05) is 19.0 Å². The molecule has 3 amide bonds. The second kappa shape index (κ2) is 14.2. The molecule has 3 atom stereocenters. The summed E-state index contributed by atoms with van der Waals surface area (Å²) < 4.78 is 135. The van der Waals surface area contributed by atoms with Gasteiger partial charge >= 0.3 is 22.0 Å². The molecule has 0 spiro atoms. The molecule has 0 saturated carbocycles. The standard InChI is InChI=1S/C24H23F5N6O5.CHF3O3S/c1-3-11-7-12-15(8-31-11)35(33-19(12)22(30)37)10-17(36)34-9-13(25)21(39-2)20(34)23(38)32-14-5-4-6-16(18(14)26)40-24(27,28)29;2-1(3,4)8(5,6)7/h4-8,13,20-21H,3,9-10H2,1-2H3,(H2,30,37)(H,32,38);(H,5,6,7)/t13-,20-,21+;/m0./s1. The Bertz CT molecular complexity index is 1800. The minimum absolute atomic E-state index is 0.120. The van der Waals surface area contributed by atoms with Gasteiger partial charge in [-0.2, -0.15) is 26.7 Å². The van der Waals surface area contributed by atoms with E-state index in [1.54, 1.807) is 6.07 Å². The monoisotopic (exact) mass is 720 g/mol. The lowest BCUT2D eigenvalue weighted by Crippen LogP contribution is -2.49. The highest BCUT2D eigenvalue weighted by Gasteiger charge is 2.49. The molecule has 0 bridgehead atoms. The van der Waals surface area contributed by atoms with Gasteiger partial charge in [0.05, 0.1) is 23.9 Å². The Morgan fingerprint density at radius 3 is 2.31 bits per heavy atom. The normalized spacial score (nSPS) is 18.3. The number of nitrogens with one attached hydrogen (secondary N) is 1. The summed E-state index contributed by atoms with van der Waals surface area (Å²) in [5, 5.41) is 6.52. The van der Waals surface area contributed by atoms with Gasteiger partial charge in [-0.05, 0) is 24.6 Å². The minimum Gasteiger partial charge on any atom is -0.403 e. The molecule has 1 aromatic carbocycles. The van der Waals surface area contributed by atoms with Crippen LogP contribution in [-0.4, -0.2) is 94.2 Å². The van der Waals surface area contributed by atoms with E-state index in [9.17, 15) is 49.5 Å². The predicted molar refractivity (Wildman–Crippen MR) is 146 cm³/mol. The van der Waals surface area contributed by atoms with Crippen molar-refractivity contribution in [3.05, 3.63) is 47.7 Å². The summed E-state index contributed by atoms with van der Waals surface area (Å²) in [5.41, 5.74) is -0.00153. The number of hydrogen-bond acceptors (Lipinski definition) is 9. The lowest BCUT2D eigenvalue weighted by atomic mass is 10.1. The van der Waals surface area contributed by atoms with Crippen molar-refractivity contribution < 1.29 is 72.0 Å². The van der Waals surface area contributed by atoms with Gasteiger partial charge in [0.2, 0.25) is 11.8 Å². The van der Waals surface area contributed by atoms with Crippen molar-refractivity contribution in [1.82, 2.24) is 19.7 Å². The number of nitrogens with zero attached hydrogens (tertiary/aromatic N) is 4. The van der Waals surface area contributed by atoms with Crippen LogP contribution < -0.4 is 15.8 Å². The fraction of sp³-hybridized carbons (Fsp3) is 0.400. The number of ether oxygens (including phenoxy) is 2. The first-order valence-electron chi connectivity index (χ1n) is 13.1. The number of rotatable bonds is 8.